The van der Waals surface area contributed by atoms with Crippen molar-refractivity contribution in [1.29, 1.82) is 0 Å². The number of aliphatic imine (C=N–C) groups is 1. The van der Waals surface area contributed by atoms with Gasteiger partial charge < -0.3 is 4.74 Å². The molecule has 1 heterocycles. The molecule has 3 heteroatoms. The van der Waals surface area contributed by atoms with Crippen LogP contribution in [0, 0.1) is 0 Å². The Labute approximate surface area is 76.1 Å². The van der Waals surface area contributed by atoms with Crippen LogP contribution in [0.2, 0.25) is 0 Å². The third kappa shape index (κ3) is 1.45. The molecule has 3 nitrogen and oxygen atoms in total. The molecule has 0 aliphatic carbocycles. The van der Waals surface area contributed by atoms with Crippen molar-refractivity contribution in [2.45, 2.75) is 6.42 Å². The molecule has 0 N–H and O–H groups in total. The lowest BCUT2D eigenvalue weighted by molar-refractivity contribution is -0.121. The van der Waals surface area contributed by atoms with Gasteiger partial charge >= 0.3 is 0 Å². The summed E-state index contributed by atoms with van der Waals surface area (Å²) in [6.45, 7) is 1.11. The van der Waals surface area contributed by atoms with Gasteiger partial charge in [-0.05, 0) is 18.1 Å². The van der Waals surface area contributed by atoms with Gasteiger partial charge in [0, 0.05) is 12.1 Å². The average Bonchev–Trinajstić information content (AvgIpc) is 2.19. The summed E-state index contributed by atoms with van der Waals surface area (Å²) in [5, 5.41) is 0. The second kappa shape index (κ2) is 3.39. The lowest BCUT2D eigenvalue weighted by Crippen LogP contribution is -2.15. The molecular formula is C10H9NO2. The highest BCUT2D eigenvalue weighted by Gasteiger charge is 2.13. The molecule has 1 aliphatic rings. The molecule has 0 unspecified atom stereocenters. The Balaban J connectivity index is 2.41. The predicted octanol–water partition coefficient (Wildman–Crippen LogP) is 1.16. The van der Waals surface area contributed by atoms with Crippen molar-refractivity contribution in [2.24, 2.45) is 4.99 Å². The van der Waals surface area contributed by atoms with Gasteiger partial charge in [0.2, 0.25) is 5.90 Å². The number of benzene rings is 1. The van der Waals surface area contributed by atoms with Crippen molar-refractivity contribution in [3.05, 3.63) is 35.4 Å². The van der Waals surface area contributed by atoms with Crippen molar-refractivity contribution in [1.82, 2.24) is 0 Å². The third-order valence-electron chi connectivity index (χ3n) is 2.04. The zero-order valence-electron chi connectivity index (χ0n) is 7.06. The van der Waals surface area contributed by atoms with Crippen molar-refractivity contribution in [3.8, 4) is 0 Å². The molecule has 0 amide bonds. The summed E-state index contributed by atoms with van der Waals surface area (Å²) in [6.07, 6.45) is 0.919. The predicted molar refractivity (Wildman–Crippen MR) is 48.7 cm³/mol. The number of hydrogen-bond acceptors (Lipinski definition) is 3. The molecule has 0 fully saturated rings. The van der Waals surface area contributed by atoms with E-state index < -0.39 is 0 Å². The van der Waals surface area contributed by atoms with E-state index in [-0.39, 0.29) is 0 Å². The van der Waals surface area contributed by atoms with Crippen LogP contribution in [0.25, 0.3) is 0 Å². The maximum atomic E-state index is 10.2. The molecule has 1 aromatic carbocycles. The summed E-state index contributed by atoms with van der Waals surface area (Å²) in [5.41, 5.74) is 2.12. The maximum Gasteiger partial charge on any atom is 0.299 e. The maximum absolute atomic E-state index is 10.2. The minimum atomic E-state index is 0.418. The van der Waals surface area contributed by atoms with Crippen LogP contribution in [0.5, 0.6) is 0 Å². The van der Waals surface area contributed by atoms with Gasteiger partial charge in [-0.15, -0.1) is 0 Å². The molecule has 0 saturated carbocycles. The summed E-state index contributed by atoms with van der Waals surface area (Å²) in [4.78, 5) is 14.3. The first-order valence-corrected chi connectivity index (χ1v) is 4.15. The average molecular weight is 175 g/mol. The normalized spacial score (nSPS) is 14.3. The van der Waals surface area contributed by atoms with Gasteiger partial charge in [-0.3, -0.25) is 9.79 Å². The smallest absolute Gasteiger partial charge is 0.299 e. The van der Waals surface area contributed by atoms with Gasteiger partial charge in [0.15, 0.2) is 0 Å². The minimum Gasteiger partial charge on any atom is -0.409 e. The van der Waals surface area contributed by atoms with E-state index in [1.807, 2.05) is 24.3 Å². The summed E-state index contributed by atoms with van der Waals surface area (Å²) in [7, 11) is 0. The Bertz CT molecular complexity index is 358. The number of rotatable bonds is 1. The fraction of sp³-hybridized carbons (Fsp3) is 0.200. The quantitative estimate of drug-likeness (QED) is 0.601. The van der Waals surface area contributed by atoms with Crippen molar-refractivity contribution < 1.29 is 9.53 Å². The van der Waals surface area contributed by atoms with Gasteiger partial charge in [-0.25, -0.2) is 0 Å². The molecule has 0 aromatic heterocycles. The summed E-state index contributed by atoms with van der Waals surface area (Å²) < 4.78 is 4.78. The Morgan fingerprint density at radius 1 is 1.38 bits per heavy atom. The van der Waals surface area contributed by atoms with E-state index >= 15 is 0 Å². The fourth-order valence-electron chi connectivity index (χ4n) is 1.46. The van der Waals surface area contributed by atoms with Gasteiger partial charge in [-0.1, -0.05) is 18.2 Å². The minimum absolute atomic E-state index is 0.418. The molecule has 13 heavy (non-hydrogen) atoms. The van der Waals surface area contributed by atoms with Crippen LogP contribution in [0.3, 0.4) is 0 Å². The molecule has 66 valence electrons. The van der Waals surface area contributed by atoms with Crippen molar-refractivity contribution in [2.75, 3.05) is 6.54 Å². The van der Waals surface area contributed by atoms with Crippen LogP contribution < -0.4 is 0 Å². The molecule has 0 atom stereocenters. The van der Waals surface area contributed by atoms with Crippen LogP contribution in [0.15, 0.2) is 29.3 Å². The summed E-state index contributed by atoms with van der Waals surface area (Å²) >= 11 is 0. The van der Waals surface area contributed by atoms with Crippen LogP contribution in [0.4, 0.5) is 0 Å². The number of carbonyl (C=O) groups excluding carboxylic acids is 1. The second-order valence-electron chi connectivity index (χ2n) is 2.81. The lowest BCUT2D eigenvalue weighted by atomic mass is 10.0. The Morgan fingerprint density at radius 2 is 2.23 bits per heavy atom. The SMILES string of the molecule is O=COC1=NCCc2ccccc21. The van der Waals surface area contributed by atoms with E-state index in [0.29, 0.717) is 18.9 Å². The first kappa shape index (κ1) is 7.98. The number of ether oxygens (including phenoxy) is 1. The number of nitrogens with zero attached hydrogens (tertiary/aromatic N) is 1. The molecule has 0 bridgehead atoms. The number of fused-ring (bicyclic) bond motifs is 1. The standard InChI is InChI=1S/C10H9NO2/c12-7-13-10-9-4-2-1-3-8(9)5-6-11-10/h1-4,7H,5-6H2. The van der Waals surface area contributed by atoms with Crippen LogP contribution in [-0.4, -0.2) is 18.9 Å². The Kier molecular flexibility index (Phi) is 2.08. The highest BCUT2D eigenvalue weighted by molar-refractivity contribution is 5.99. The zero-order chi connectivity index (χ0) is 9.10. The van der Waals surface area contributed by atoms with Crippen molar-refractivity contribution in [3.63, 3.8) is 0 Å². The monoisotopic (exact) mass is 175 g/mol. The van der Waals surface area contributed by atoms with Gasteiger partial charge in [0.05, 0.1) is 0 Å². The molecule has 0 radical (unpaired) electrons. The first-order chi connectivity index (χ1) is 6.42. The van der Waals surface area contributed by atoms with E-state index in [4.69, 9.17) is 4.74 Å². The highest BCUT2D eigenvalue weighted by atomic mass is 16.5. The topological polar surface area (TPSA) is 38.7 Å². The van der Waals surface area contributed by atoms with Crippen molar-refractivity contribution >= 4 is 12.4 Å². The molecule has 2 rings (SSSR count). The fourth-order valence-corrected chi connectivity index (χ4v) is 1.46. The number of carbonyl (C=O) groups is 1. The lowest BCUT2D eigenvalue weighted by Gasteiger charge is -2.13. The summed E-state index contributed by atoms with van der Waals surface area (Å²) in [6, 6.07) is 7.82. The van der Waals surface area contributed by atoms with E-state index in [9.17, 15) is 4.79 Å². The molecule has 0 spiro atoms. The zero-order valence-corrected chi connectivity index (χ0v) is 7.06. The largest absolute Gasteiger partial charge is 0.409 e. The van der Waals surface area contributed by atoms with Crippen LogP contribution in [-0.2, 0) is 16.0 Å². The number of hydrogen-bond donors (Lipinski definition) is 0. The van der Waals surface area contributed by atoms with E-state index in [2.05, 4.69) is 4.99 Å². The summed E-state index contributed by atoms with van der Waals surface area (Å²) in [5.74, 6) is 0.442. The molecule has 1 aliphatic heterocycles. The third-order valence-corrected chi connectivity index (χ3v) is 2.04. The van der Waals surface area contributed by atoms with Gasteiger partial charge in [-0.2, -0.15) is 0 Å². The van der Waals surface area contributed by atoms with E-state index in [1.54, 1.807) is 0 Å². The highest BCUT2D eigenvalue weighted by Crippen LogP contribution is 2.15. The van der Waals surface area contributed by atoms with E-state index in [1.165, 1.54) is 5.56 Å². The van der Waals surface area contributed by atoms with E-state index in [0.717, 1.165) is 12.0 Å². The van der Waals surface area contributed by atoms with Gasteiger partial charge in [0.1, 0.15) is 0 Å². The second-order valence-corrected chi connectivity index (χ2v) is 2.81. The van der Waals surface area contributed by atoms with Gasteiger partial charge in [0.25, 0.3) is 6.47 Å². The van der Waals surface area contributed by atoms with Crippen LogP contribution >= 0.6 is 0 Å². The molecular weight excluding hydrogens is 166 g/mol. The Hall–Kier alpha value is -1.64. The molecule has 1 aromatic rings. The first-order valence-electron chi connectivity index (χ1n) is 4.15. The molecule has 0 saturated heterocycles. The van der Waals surface area contributed by atoms with Crippen LogP contribution in [0.1, 0.15) is 11.1 Å². The Morgan fingerprint density at radius 3 is 3.08 bits per heavy atom.